The molecule has 132 valence electrons. The van der Waals surface area contributed by atoms with Crippen molar-refractivity contribution in [1.29, 1.82) is 0 Å². The topological polar surface area (TPSA) is 84.7 Å². The van der Waals surface area contributed by atoms with Gasteiger partial charge < -0.3 is 20.7 Å². The zero-order valence-corrected chi connectivity index (χ0v) is 15.0. The first-order valence-electron chi connectivity index (χ1n) is 7.93. The first-order chi connectivity index (χ1) is 11.2. The monoisotopic (exact) mass is 353 g/mol. The first-order valence-corrected chi connectivity index (χ1v) is 8.31. The Morgan fingerprint density at radius 2 is 1.92 bits per heavy atom. The minimum atomic E-state index is -0.647. The van der Waals surface area contributed by atoms with Gasteiger partial charge >= 0.3 is 0 Å². The predicted molar refractivity (Wildman–Crippen MR) is 94.2 cm³/mol. The molecule has 0 unspecified atom stereocenters. The molecule has 1 aliphatic heterocycles. The van der Waals surface area contributed by atoms with Gasteiger partial charge in [-0.1, -0.05) is 32.4 Å². The quantitative estimate of drug-likeness (QED) is 0.871. The van der Waals surface area contributed by atoms with E-state index in [1.54, 1.807) is 23.1 Å². The van der Waals surface area contributed by atoms with Crippen molar-refractivity contribution in [3.63, 3.8) is 0 Å². The molecule has 1 aliphatic rings. The summed E-state index contributed by atoms with van der Waals surface area (Å²) in [5.41, 5.74) is 6.52. The molecule has 7 heteroatoms. The van der Waals surface area contributed by atoms with E-state index in [0.717, 1.165) is 0 Å². The van der Waals surface area contributed by atoms with Crippen molar-refractivity contribution in [2.45, 2.75) is 26.8 Å². The second kappa shape index (κ2) is 7.51. The van der Waals surface area contributed by atoms with Crippen LogP contribution in [0, 0.1) is 5.41 Å². The molecule has 0 spiro atoms. The number of anilines is 1. The van der Waals surface area contributed by atoms with Crippen LogP contribution in [-0.4, -0.2) is 49.1 Å². The molecule has 0 aromatic heterocycles. The molecular formula is C17H24ClN3O3. The molecule has 2 rings (SSSR count). The molecule has 0 aliphatic carbocycles. The average Bonchev–Trinajstić information content (AvgIpc) is 2.53. The highest BCUT2D eigenvalue weighted by Gasteiger charge is 2.28. The Bertz CT molecular complexity index is 622. The van der Waals surface area contributed by atoms with Gasteiger partial charge in [0.05, 0.1) is 29.8 Å². The van der Waals surface area contributed by atoms with E-state index in [0.29, 0.717) is 42.6 Å². The summed E-state index contributed by atoms with van der Waals surface area (Å²) in [5, 5.41) is 3.04. The van der Waals surface area contributed by atoms with Crippen LogP contribution in [0.3, 0.4) is 0 Å². The van der Waals surface area contributed by atoms with Crippen LogP contribution in [0.15, 0.2) is 18.2 Å². The molecule has 6 nitrogen and oxygen atoms in total. The summed E-state index contributed by atoms with van der Waals surface area (Å²) < 4.78 is 5.24. The molecular weight excluding hydrogens is 330 g/mol. The molecule has 0 bridgehead atoms. The van der Waals surface area contributed by atoms with Gasteiger partial charge in [-0.2, -0.15) is 0 Å². The number of halogens is 1. The molecule has 3 N–H and O–H groups in total. The Balaban J connectivity index is 2.09. The van der Waals surface area contributed by atoms with Gasteiger partial charge in [-0.25, -0.2) is 0 Å². The lowest BCUT2D eigenvalue weighted by Gasteiger charge is -2.27. The molecule has 1 fully saturated rings. The number of rotatable bonds is 3. The third-order valence-electron chi connectivity index (χ3n) is 3.98. The maximum Gasteiger partial charge on any atom is 0.255 e. The summed E-state index contributed by atoms with van der Waals surface area (Å²) in [6.45, 7) is 7.85. The highest BCUT2D eigenvalue weighted by atomic mass is 35.5. The fourth-order valence-electron chi connectivity index (χ4n) is 2.32. The SMILES string of the molecule is CC(C)(C)[C@H](N)C(=O)Nc1ccc(C(=O)N2CCOCC2)c(Cl)c1. The Kier molecular flexibility index (Phi) is 5.85. The van der Waals surface area contributed by atoms with Crippen LogP contribution in [0.25, 0.3) is 0 Å². The van der Waals surface area contributed by atoms with Gasteiger partial charge in [0.2, 0.25) is 5.91 Å². The number of amides is 2. The van der Waals surface area contributed by atoms with Crippen LogP contribution in [0.2, 0.25) is 5.02 Å². The fourth-order valence-corrected chi connectivity index (χ4v) is 2.58. The summed E-state index contributed by atoms with van der Waals surface area (Å²) in [7, 11) is 0. The number of ether oxygens (including phenoxy) is 1. The highest BCUT2D eigenvalue weighted by molar-refractivity contribution is 6.34. The van der Waals surface area contributed by atoms with Crippen LogP contribution in [-0.2, 0) is 9.53 Å². The van der Waals surface area contributed by atoms with E-state index in [9.17, 15) is 9.59 Å². The van der Waals surface area contributed by atoms with E-state index >= 15 is 0 Å². The summed E-state index contributed by atoms with van der Waals surface area (Å²) in [5.74, 6) is -0.418. The first kappa shape index (κ1) is 18.7. The number of carbonyl (C=O) groups excluding carboxylic acids is 2. The van der Waals surface area contributed by atoms with Gasteiger partial charge in [0.1, 0.15) is 0 Å². The van der Waals surface area contributed by atoms with Crippen LogP contribution >= 0.6 is 11.6 Å². The van der Waals surface area contributed by atoms with E-state index in [4.69, 9.17) is 22.1 Å². The number of nitrogens with zero attached hydrogens (tertiary/aromatic N) is 1. The molecule has 1 heterocycles. The van der Waals surface area contributed by atoms with Gasteiger partial charge in [0.15, 0.2) is 0 Å². The number of nitrogens with two attached hydrogens (primary N) is 1. The summed E-state index contributed by atoms with van der Waals surface area (Å²) in [6.07, 6.45) is 0. The van der Waals surface area contributed by atoms with Crippen molar-refractivity contribution in [1.82, 2.24) is 4.90 Å². The Labute approximate surface area is 147 Å². The zero-order valence-electron chi connectivity index (χ0n) is 14.3. The van der Waals surface area contributed by atoms with Crippen LogP contribution < -0.4 is 11.1 Å². The van der Waals surface area contributed by atoms with Crippen molar-refractivity contribution in [2.24, 2.45) is 11.1 Å². The van der Waals surface area contributed by atoms with Gasteiger partial charge in [-0.05, 0) is 23.6 Å². The average molecular weight is 354 g/mol. The molecule has 0 saturated carbocycles. The predicted octanol–water partition coefficient (Wildman–Crippen LogP) is 2.12. The molecule has 1 aromatic carbocycles. The maximum atomic E-state index is 12.5. The van der Waals surface area contributed by atoms with Crippen molar-refractivity contribution in [2.75, 3.05) is 31.6 Å². The number of benzene rings is 1. The third-order valence-corrected chi connectivity index (χ3v) is 4.29. The lowest BCUT2D eigenvalue weighted by Crippen LogP contribution is -2.45. The minimum absolute atomic E-state index is 0.132. The van der Waals surface area contributed by atoms with E-state index in [-0.39, 0.29) is 17.2 Å². The molecule has 2 amide bonds. The third kappa shape index (κ3) is 4.47. The molecule has 24 heavy (non-hydrogen) atoms. The van der Waals surface area contributed by atoms with Gasteiger partial charge in [0.25, 0.3) is 5.91 Å². The van der Waals surface area contributed by atoms with Gasteiger partial charge in [-0.3, -0.25) is 9.59 Å². The lowest BCUT2D eigenvalue weighted by atomic mass is 9.87. The van der Waals surface area contributed by atoms with E-state index in [1.165, 1.54) is 0 Å². The minimum Gasteiger partial charge on any atom is -0.378 e. The number of morpholine rings is 1. The van der Waals surface area contributed by atoms with E-state index in [2.05, 4.69) is 5.32 Å². The van der Waals surface area contributed by atoms with Gasteiger partial charge in [0, 0.05) is 18.8 Å². The highest BCUT2D eigenvalue weighted by Crippen LogP contribution is 2.24. The lowest BCUT2D eigenvalue weighted by molar-refractivity contribution is -0.119. The maximum absolute atomic E-state index is 12.5. The second-order valence-corrected chi connectivity index (χ2v) is 7.34. The number of hydrogen-bond acceptors (Lipinski definition) is 4. The van der Waals surface area contributed by atoms with Crippen molar-refractivity contribution >= 4 is 29.1 Å². The molecule has 1 atom stereocenters. The number of nitrogens with one attached hydrogen (secondary N) is 1. The normalized spacial score (nSPS) is 16.6. The van der Waals surface area contributed by atoms with Crippen LogP contribution in [0.1, 0.15) is 31.1 Å². The summed E-state index contributed by atoms with van der Waals surface area (Å²) in [6, 6.07) is 4.21. The van der Waals surface area contributed by atoms with Crippen molar-refractivity contribution in [3.05, 3.63) is 28.8 Å². The van der Waals surface area contributed by atoms with E-state index in [1.807, 2.05) is 20.8 Å². The molecule has 1 saturated heterocycles. The van der Waals surface area contributed by atoms with Gasteiger partial charge in [-0.15, -0.1) is 0 Å². The Hall–Kier alpha value is -1.63. The van der Waals surface area contributed by atoms with Crippen LogP contribution in [0.5, 0.6) is 0 Å². The fraction of sp³-hybridized carbons (Fsp3) is 0.529. The number of carbonyl (C=O) groups is 2. The summed E-state index contributed by atoms with van der Waals surface area (Å²) in [4.78, 5) is 26.3. The Morgan fingerprint density at radius 3 is 2.46 bits per heavy atom. The largest absolute Gasteiger partial charge is 0.378 e. The molecule has 1 aromatic rings. The standard InChI is InChI=1S/C17H24ClN3O3/c1-17(2,3)14(19)15(22)20-11-4-5-12(13(18)10-11)16(23)21-6-8-24-9-7-21/h4-5,10,14H,6-9,19H2,1-3H3,(H,20,22)/t14-/m1/s1. The van der Waals surface area contributed by atoms with E-state index < -0.39 is 6.04 Å². The second-order valence-electron chi connectivity index (χ2n) is 6.93. The van der Waals surface area contributed by atoms with Crippen LogP contribution in [0.4, 0.5) is 5.69 Å². The van der Waals surface area contributed by atoms with Crippen molar-refractivity contribution in [3.8, 4) is 0 Å². The molecule has 0 radical (unpaired) electrons. The van der Waals surface area contributed by atoms with Crippen molar-refractivity contribution < 1.29 is 14.3 Å². The smallest absolute Gasteiger partial charge is 0.255 e. The zero-order chi connectivity index (χ0) is 17.9. The number of hydrogen-bond donors (Lipinski definition) is 2. The summed E-state index contributed by atoms with van der Waals surface area (Å²) >= 11 is 6.24. The Morgan fingerprint density at radius 1 is 1.29 bits per heavy atom.